The maximum Gasteiger partial charge on any atom is 0.129 e. The molecule has 0 spiro atoms. The fraction of sp³-hybridized carbons (Fsp3) is 0.500. The largest absolute Gasteiger partial charge is 0.508 e. The first kappa shape index (κ1) is 12.8. The molecule has 0 aliphatic rings. The Bertz CT molecular complexity index is 356. The summed E-state index contributed by atoms with van der Waals surface area (Å²) in [6.45, 7) is 5.86. The standard InChI is InChI=1S/C14H20O2/c1-10(2)12(9-8-11(3)15)13-6-4-5-7-14(13)16/h4-7,10,12,16H,8-9H2,1-3H3/t12-/m1/s1. The van der Waals surface area contributed by atoms with Crippen molar-refractivity contribution < 1.29 is 9.90 Å². The van der Waals surface area contributed by atoms with Crippen molar-refractivity contribution in [3.05, 3.63) is 29.8 Å². The summed E-state index contributed by atoms with van der Waals surface area (Å²) in [6, 6.07) is 7.40. The van der Waals surface area contributed by atoms with E-state index >= 15 is 0 Å². The molecule has 0 aliphatic carbocycles. The lowest BCUT2D eigenvalue weighted by molar-refractivity contribution is -0.117. The normalized spacial score (nSPS) is 12.8. The molecule has 0 bridgehead atoms. The molecule has 0 heterocycles. The second-order valence-corrected chi connectivity index (χ2v) is 4.65. The van der Waals surface area contributed by atoms with Gasteiger partial charge in [-0.1, -0.05) is 32.0 Å². The van der Waals surface area contributed by atoms with Gasteiger partial charge >= 0.3 is 0 Å². The third-order valence-electron chi connectivity index (χ3n) is 2.95. The summed E-state index contributed by atoms with van der Waals surface area (Å²) in [5.41, 5.74) is 0.957. The lowest BCUT2D eigenvalue weighted by Crippen LogP contribution is -2.08. The van der Waals surface area contributed by atoms with E-state index in [2.05, 4.69) is 13.8 Å². The number of rotatable bonds is 5. The molecule has 0 amide bonds. The molecule has 2 nitrogen and oxygen atoms in total. The van der Waals surface area contributed by atoms with Gasteiger partial charge in [-0.3, -0.25) is 0 Å². The van der Waals surface area contributed by atoms with Crippen molar-refractivity contribution in [3.8, 4) is 5.75 Å². The number of aromatic hydroxyl groups is 1. The number of para-hydroxylation sites is 1. The van der Waals surface area contributed by atoms with Crippen LogP contribution >= 0.6 is 0 Å². The molecule has 0 aliphatic heterocycles. The van der Waals surface area contributed by atoms with Crippen LogP contribution in [0.2, 0.25) is 0 Å². The third-order valence-corrected chi connectivity index (χ3v) is 2.95. The van der Waals surface area contributed by atoms with Crippen molar-refractivity contribution in [2.24, 2.45) is 5.92 Å². The zero-order valence-corrected chi connectivity index (χ0v) is 10.2. The molecule has 0 fully saturated rings. The average Bonchev–Trinajstić information content (AvgIpc) is 2.20. The number of benzene rings is 1. The van der Waals surface area contributed by atoms with Crippen LogP contribution in [0, 0.1) is 5.92 Å². The van der Waals surface area contributed by atoms with Gasteiger partial charge in [-0.2, -0.15) is 0 Å². The second-order valence-electron chi connectivity index (χ2n) is 4.65. The smallest absolute Gasteiger partial charge is 0.129 e. The highest BCUT2D eigenvalue weighted by Crippen LogP contribution is 2.34. The van der Waals surface area contributed by atoms with Crippen molar-refractivity contribution >= 4 is 5.78 Å². The van der Waals surface area contributed by atoms with E-state index in [0.29, 0.717) is 18.1 Å². The molecule has 0 unspecified atom stereocenters. The molecular formula is C14H20O2. The number of phenolic OH excluding ortho intramolecular Hbond substituents is 1. The van der Waals surface area contributed by atoms with Crippen LogP contribution in [0.5, 0.6) is 5.75 Å². The van der Waals surface area contributed by atoms with E-state index in [-0.39, 0.29) is 11.7 Å². The first-order chi connectivity index (χ1) is 7.52. The van der Waals surface area contributed by atoms with E-state index in [4.69, 9.17) is 0 Å². The summed E-state index contributed by atoms with van der Waals surface area (Å²) >= 11 is 0. The zero-order valence-electron chi connectivity index (χ0n) is 10.2. The number of phenols is 1. The molecule has 88 valence electrons. The minimum absolute atomic E-state index is 0.209. The van der Waals surface area contributed by atoms with E-state index in [1.165, 1.54) is 0 Å². The fourth-order valence-corrected chi connectivity index (χ4v) is 2.01. The van der Waals surface area contributed by atoms with Crippen molar-refractivity contribution in [2.75, 3.05) is 0 Å². The van der Waals surface area contributed by atoms with Crippen molar-refractivity contribution in [2.45, 2.75) is 39.5 Å². The number of carbonyl (C=O) groups is 1. The third kappa shape index (κ3) is 3.37. The highest BCUT2D eigenvalue weighted by molar-refractivity contribution is 5.75. The van der Waals surface area contributed by atoms with E-state index in [1.807, 2.05) is 18.2 Å². The Balaban J connectivity index is 2.85. The summed E-state index contributed by atoms with van der Waals surface area (Å²) in [7, 11) is 0. The monoisotopic (exact) mass is 220 g/mol. The van der Waals surface area contributed by atoms with Crippen molar-refractivity contribution in [3.63, 3.8) is 0 Å². The van der Waals surface area contributed by atoms with E-state index in [9.17, 15) is 9.90 Å². The van der Waals surface area contributed by atoms with E-state index in [1.54, 1.807) is 13.0 Å². The fourth-order valence-electron chi connectivity index (χ4n) is 2.01. The van der Waals surface area contributed by atoms with Gasteiger partial charge in [-0.05, 0) is 36.8 Å². The number of ketones is 1. The molecule has 1 rings (SSSR count). The lowest BCUT2D eigenvalue weighted by atomic mass is 9.84. The van der Waals surface area contributed by atoms with Gasteiger partial charge in [-0.25, -0.2) is 0 Å². The molecular weight excluding hydrogens is 200 g/mol. The predicted octanol–water partition coefficient (Wildman–Crippen LogP) is 3.50. The van der Waals surface area contributed by atoms with E-state index < -0.39 is 0 Å². The molecule has 1 atom stereocenters. The first-order valence-corrected chi connectivity index (χ1v) is 5.79. The van der Waals surface area contributed by atoms with Crippen molar-refractivity contribution in [1.82, 2.24) is 0 Å². The molecule has 0 saturated carbocycles. The van der Waals surface area contributed by atoms with Crippen LogP contribution in [0.25, 0.3) is 0 Å². The molecule has 16 heavy (non-hydrogen) atoms. The summed E-state index contributed by atoms with van der Waals surface area (Å²) in [4.78, 5) is 11.0. The Morgan fingerprint density at radius 3 is 2.44 bits per heavy atom. The van der Waals surface area contributed by atoms with Crippen LogP contribution in [0.4, 0.5) is 0 Å². The Morgan fingerprint density at radius 1 is 1.31 bits per heavy atom. The Kier molecular flexibility index (Phi) is 4.53. The van der Waals surface area contributed by atoms with Gasteiger partial charge in [0.25, 0.3) is 0 Å². The summed E-state index contributed by atoms with van der Waals surface area (Å²) in [5, 5.41) is 9.81. The number of hydrogen-bond acceptors (Lipinski definition) is 2. The summed E-state index contributed by atoms with van der Waals surface area (Å²) in [6.07, 6.45) is 1.39. The van der Waals surface area contributed by atoms with Crippen LogP contribution in [-0.4, -0.2) is 10.9 Å². The molecule has 2 heteroatoms. The molecule has 0 aromatic heterocycles. The van der Waals surface area contributed by atoms with Gasteiger partial charge < -0.3 is 9.90 Å². The van der Waals surface area contributed by atoms with E-state index in [0.717, 1.165) is 12.0 Å². The quantitative estimate of drug-likeness (QED) is 0.824. The summed E-state index contributed by atoms with van der Waals surface area (Å²) in [5.74, 6) is 1.23. The molecule has 1 N–H and O–H groups in total. The van der Waals surface area contributed by atoms with Gasteiger partial charge in [0, 0.05) is 6.42 Å². The number of hydrogen-bond donors (Lipinski definition) is 1. The minimum atomic E-state index is 0.209. The number of carbonyl (C=O) groups excluding carboxylic acids is 1. The van der Waals surface area contributed by atoms with Crippen LogP contribution in [-0.2, 0) is 4.79 Å². The van der Waals surface area contributed by atoms with Gasteiger partial charge in [0.05, 0.1) is 0 Å². The van der Waals surface area contributed by atoms with Crippen molar-refractivity contribution in [1.29, 1.82) is 0 Å². The zero-order chi connectivity index (χ0) is 12.1. The van der Waals surface area contributed by atoms with Gasteiger partial charge in [0.2, 0.25) is 0 Å². The molecule has 1 aromatic rings. The van der Waals surface area contributed by atoms with Crippen LogP contribution < -0.4 is 0 Å². The number of Topliss-reactive ketones (excluding diaryl/α,β-unsaturated/α-hetero) is 1. The maximum atomic E-state index is 11.0. The lowest BCUT2D eigenvalue weighted by Gasteiger charge is -2.21. The average molecular weight is 220 g/mol. The van der Waals surface area contributed by atoms with Gasteiger partial charge in [-0.15, -0.1) is 0 Å². The van der Waals surface area contributed by atoms with Crippen LogP contribution in [0.1, 0.15) is 45.1 Å². The van der Waals surface area contributed by atoms with Crippen LogP contribution in [0.3, 0.4) is 0 Å². The summed E-state index contributed by atoms with van der Waals surface area (Å²) < 4.78 is 0. The first-order valence-electron chi connectivity index (χ1n) is 5.79. The minimum Gasteiger partial charge on any atom is -0.508 e. The predicted molar refractivity (Wildman–Crippen MR) is 65.6 cm³/mol. The topological polar surface area (TPSA) is 37.3 Å². The maximum absolute atomic E-state index is 11.0. The SMILES string of the molecule is CC(=O)CC[C@@H](c1ccccc1O)C(C)C. The molecule has 0 radical (unpaired) electrons. The Morgan fingerprint density at radius 2 is 1.94 bits per heavy atom. The highest BCUT2D eigenvalue weighted by Gasteiger charge is 2.18. The van der Waals surface area contributed by atoms with Gasteiger partial charge in [0.15, 0.2) is 0 Å². The van der Waals surface area contributed by atoms with Crippen LogP contribution in [0.15, 0.2) is 24.3 Å². The molecule has 1 aromatic carbocycles. The molecule has 0 saturated heterocycles. The second kappa shape index (κ2) is 5.69. The van der Waals surface area contributed by atoms with Gasteiger partial charge in [0.1, 0.15) is 11.5 Å². The Hall–Kier alpha value is -1.31. The Labute approximate surface area is 97.3 Å². The highest BCUT2D eigenvalue weighted by atomic mass is 16.3.